The highest BCUT2D eigenvalue weighted by Gasteiger charge is 2.02. The predicted molar refractivity (Wildman–Crippen MR) is 48.0 cm³/mol. The van der Waals surface area contributed by atoms with Gasteiger partial charge in [-0.05, 0) is 23.6 Å². The van der Waals surface area contributed by atoms with Gasteiger partial charge in [-0.3, -0.25) is 0 Å². The molecule has 0 saturated carbocycles. The minimum absolute atomic E-state index is 0.547. The third kappa shape index (κ3) is 1.07. The summed E-state index contributed by atoms with van der Waals surface area (Å²) in [5, 5.41) is 10.6. The van der Waals surface area contributed by atoms with Gasteiger partial charge in [0.15, 0.2) is 0 Å². The summed E-state index contributed by atoms with van der Waals surface area (Å²) in [6.07, 6.45) is 0. The maximum absolute atomic E-state index is 4.03. The molecule has 2 aromatic rings. The van der Waals surface area contributed by atoms with E-state index in [9.17, 15) is 0 Å². The Hall–Kier alpha value is -1.38. The summed E-state index contributed by atoms with van der Waals surface area (Å²) in [7, 11) is 0. The molecule has 0 aliphatic rings. The van der Waals surface area contributed by atoms with Crippen LogP contribution in [0.25, 0.3) is 11.0 Å². The number of nitrogens with zero attached hydrogens (tertiary/aromatic N) is 2. The molecule has 2 rings (SSSR count). The fraction of sp³-hybridized carbons (Fsp3) is 0.333. The van der Waals surface area contributed by atoms with Gasteiger partial charge in [0.2, 0.25) is 0 Å². The van der Waals surface area contributed by atoms with Crippen molar-refractivity contribution >= 4 is 11.0 Å². The van der Waals surface area contributed by atoms with Crippen molar-refractivity contribution < 1.29 is 0 Å². The molecule has 0 fully saturated rings. The van der Waals surface area contributed by atoms with E-state index in [0.717, 1.165) is 11.0 Å². The molecule has 1 aromatic heterocycles. The summed E-state index contributed by atoms with van der Waals surface area (Å²) in [5.41, 5.74) is 3.18. The van der Waals surface area contributed by atoms with Crippen LogP contribution in [0.5, 0.6) is 0 Å². The number of nitrogens with one attached hydrogen (secondary N) is 1. The molecule has 1 N–H and O–H groups in total. The third-order valence-corrected chi connectivity index (χ3v) is 2.01. The van der Waals surface area contributed by atoms with Gasteiger partial charge in [-0.1, -0.05) is 19.9 Å². The molecule has 0 saturated heterocycles. The van der Waals surface area contributed by atoms with Gasteiger partial charge in [-0.2, -0.15) is 15.4 Å². The summed E-state index contributed by atoms with van der Waals surface area (Å²) in [6, 6.07) is 6.16. The Kier molecular flexibility index (Phi) is 1.57. The van der Waals surface area contributed by atoms with Crippen LogP contribution < -0.4 is 0 Å². The van der Waals surface area contributed by atoms with Gasteiger partial charge in [0.25, 0.3) is 0 Å². The maximum Gasteiger partial charge on any atom is 0.113 e. The molecule has 0 radical (unpaired) electrons. The summed E-state index contributed by atoms with van der Waals surface area (Å²) in [6.45, 7) is 4.34. The Morgan fingerprint density at radius 3 is 2.67 bits per heavy atom. The number of H-pyrrole nitrogens is 1. The highest BCUT2D eigenvalue weighted by atomic mass is 15.3. The second-order valence-electron chi connectivity index (χ2n) is 3.23. The zero-order chi connectivity index (χ0) is 8.55. The molecule has 1 aromatic carbocycles. The van der Waals surface area contributed by atoms with Crippen molar-refractivity contribution in [3.05, 3.63) is 23.8 Å². The lowest BCUT2D eigenvalue weighted by Crippen LogP contribution is -1.85. The molecule has 0 atom stereocenters. The van der Waals surface area contributed by atoms with E-state index in [1.54, 1.807) is 0 Å². The second kappa shape index (κ2) is 2.59. The number of rotatable bonds is 1. The van der Waals surface area contributed by atoms with Crippen molar-refractivity contribution in [3.8, 4) is 0 Å². The maximum atomic E-state index is 4.03. The number of fused-ring (bicyclic) bond motifs is 1. The lowest BCUT2D eigenvalue weighted by molar-refractivity contribution is 0.868. The van der Waals surface area contributed by atoms with Gasteiger partial charge in [-0.15, -0.1) is 0 Å². The minimum atomic E-state index is 0.547. The molecule has 3 nitrogen and oxygen atoms in total. The minimum Gasteiger partial charge on any atom is -0.197 e. The smallest absolute Gasteiger partial charge is 0.113 e. The van der Waals surface area contributed by atoms with Crippen LogP contribution in [0.15, 0.2) is 18.2 Å². The van der Waals surface area contributed by atoms with Crippen LogP contribution in [0, 0.1) is 0 Å². The Balaban J connectivity index is 2.60. The average molecular weight is 161 g/mol. The van der Waals surface area contributed by atoms with Crippen molar-refractivity contribution in [2.75, 3.05) is 0 Å². The highest BCUT2D eigenvalue weighted by molar-refractivity contribution is 5.74. The van der Waals surface area contributed by atoms with Crippen molar-refractivity contribution in [1.29, 1.82) is 0 Å². The predicted octanol–water partition coefficient (Wildman–Crippen LogP) is 2.08. The molecule has 0 spiro atoms. The first-order valence-corrected chi connectivity index (χ1v) is 4.08. The molecule has 0 aliphatic carbocycles. The van der Waals surface area contributed by atoms with Crippen molar-refractivity contribution in [2.45, 2.75) is 19.8 Å². The number of hydrogen-bond donors (Lipinski definition) is 1. The standard InChI is InChI=1S/C9H11N3/c1-6(2)7-3-4-8-9(5-7)11-12-10-8/h3-6H,1-2H3,(H,10,11,12). The number of aromatic amines is 1. The largest absolute Gasteiger partial charge is 0.197 e. The van der Waals surface area contributed by atoms with Crippen LogP contribution >= 0.6 is 0 Å². The normalized spacial score (nSPS) is 11.2. The lowest BCUT2D eigenvalue weighted by Gasteiger charge is -2.02. The Morgan fingerprint density at radius 2 is 1.92 bits per heavy atom. The SMILES string of the molecule is CC(C)c1ccc2n[nH]nc2c1. The van der Waals surface area contributed by atoms with Crippen molar-refractivity contribution in [3.63, 3.8) is 0 Å². The van der Waals surface area contributed by atoms with Crippen LogP contribution in [-0.2, 0) is 0 Å². The quantitative estimate of drug-likeness (QED) is 0.695. The molecule has 3 heteroatoms. The van der Waals surface area contributed by atoms with E-state index in [2.05, 4.69) is 41.4 Å². The van der Waals surface area contributed by atoms with E-state index >= 15 is 0 Å². The molecule has 0 aliphatic heterocycles. The van der Waals surface area contributed by atoms with E-state index in [0.29, 0.717) is 5.92 Å². The Bertz CT molecular complexity index is 389. The van der Waals surface area contributed by atoms with Gasteiger partial charge in [0.05, 0.1) is 0 Å². The molecule has 0 unspecified atom stereocenters. The Labute approximate surface area is 70.8 Å². The van der Waals surface area contributed by atoms with E-state index in [1.165, 1.54) is 5.56 Å². The van der Waals surface area contributed by atoms with Crippen molar-refractivity contribution in [1.82, 2.24) is 15.4 Å². The summed E-state index contributed by atoms with van der Waals surface area (Å²) < 4.78 is 0. The van der Waals surface area contributed by atoms with E-state index in [4.69, 9.17) is 0 Å². The lowest BCUT2D eigenvalue weighted by atomic mass is 10.0. The average Bonchev–Trinajstić information content (AvgIpc) is 2.49. The monoisotopic (exact) mass is 161 g/mol. The molecule has 62 valence electrons. The molecule has 1 heterocycles. The van der Waals surface area contributed by atoms with Gasteiger partial charge >= 0.3 is 0 Å². The van der Waals surface area contributed by atoms with E-state index in [-0.39, 0.29) is 0 Å². The van der Waals surface area contributed by atoms with Crippen LogP contribution in [0.1, 0.15) is 25.3 Å². The molecule has 12 heavy (non-hydrogen) atoms. The summed E-state index contributed by atoms with van der Waals surface area (Å²) >= 11 is 0. The van der Waals surface area contributed by atoms with E-state index in [1.807, 2.05) is 6.07 Å². The first-order chi connectivity index (χ1) is 5.77. The van der Waals surface area contributed by atoms with Crippen LogP contribution in [0.3, 0.4) is 0 Å². The van der Waals surface area contributed by atoms with Gasteiger partial charge in [0, 0.05) is 0 Å². The Morgan fingerprint density at radius 1 is 1.17 bits per heavy atom. The zero-order valence-corrected chi connectivity index (χ0v) is 7.20. The third-order valence-electron chi connectivity index (χ3n) is 2.01. The number of aromatic nitrogens is 3. The molecular weight excluding hydrogens is 150 g/mol. The molecule has 0 bridgehead atoms. The van der Waals surface area contributed by atoms with Crippen molar-refractivity contribution in [2.24, 2.45) is 0 Å². The van der Waals surface area contributed by atoms with Gasteiger partial charge in [0.1, 0.15) is 11.0 Å². The molecular formula is C9H11N3. The first-order valence-electron chi connectivity index (χ1n) is 4.08. The van der Waals surface area contributed by atoms with Gasteiger partial charge in [-0.25, -0.2) is 0 Å². The summed E-state index contributed by atoms with van der Waals surface area (Å²) in [4.78, 5) is 0. The van der Waals surface area contributed by atoms with Crippen LogP contribution in [-0.4, -0.2) is 15.4 Å². The van der Waals surface area contributed by atoms with Crippen LogP contribution in [0.2, 0.25) is 0 Å². The summed E-state index contributed by atoms with van der Waals surface area (Å²) in [5.74, 6) is 0.547. The van der Waals surface area contributed by atoms with E-state index < -0.39 is 0 Å². The number of benzene rings is 1. The topological polar surface area (TPSA) is 41.6 Å². The van der Waals surface area contributed by atoms with Crippen LogP contribution in [0.4, 0.5) is 0 Å². The fourth-order valence-corrected chi connectivity index (χ4v) is 1.22. The number of hydrogen-bond acceptors (Lipinski definition) is 2. The second-order valence-corrected chi connectivity index (χ2v) is 3.23. The highest BCUT2D eigenvalue weighted by Crippen LogP contribution is 2.17. The fourth-order valence-electron chi connectivity index (χ4n) is 1.22. The first kappa shape index (κ1) is 7.28. The van der Waals surface area contributed by atoms with Gasteiger partial charge < -0.3 is 0 Å². The zero-order valence-electron chi connectivity index (χ0n) is 7.20. The molecule has 0 amide bonds.